The zero-order chi connectivity index (χ0) is 24.8. The summed E-state index contributed by atoms with van der Waals surface area (Å²) in [6, 6.07) is 9.53. The van der Waals surface area contributed by atoms with Crippen molar-refractivity contribution in [3.05, 3.63) is 50.9 Å². The molecule has 2 bridgehead atoms. The second kappa shape index (κ2) is 9.53. The van der Waals surface area contributed by atoms with Crippen molar-refractivity contribution in [1.82, 2.24) is 24.8 Å². The molecule has 2 aliphatic heterocycles. The summed E-state index contributed by atoms with van der Waals surface area (Å²) >= 11 is 2.20. The summed E-state index contributed by atoms with van der Waals surface area (Å²) in [4.78, 5) is 35.4. The van der Waals surface area contributed by atoms with E-state index in [-0.39, 0.29) is 24.5 Å². The summed E-state index contributed by atoms with van der Waals surface area (Å²) in [7, 11) is 2.01. The molecule has 1 saturated carbocycles. The van der Waals surface area contributed by atoms with E-state index in [0.717, 1.165) is 58.5 Å². The molecule has 188 valence electrons. The number of piperidine rings is 1. The summed E-state index contributed by atoms with van der Waals surface area (Å²) in [5, 5.41) is 7.93. The molecule has 4 heterocycles. The lowest BCUT2D eigenvalue weighted by molar-refractivity contribution is -0.123. The van der Waals surface area contributed by atoms with Crippen molar-refractivity contribution < 1.29 is 14.3 Å². The van der Waals surface area contributed by atoms with Gasteiger partial charge in [-0.05, 0) is 72.9 Å². The Morgan fingerprint density at radius 2 is 1.92 bits per heavy atom. The molecule has 2 fully saturated rings. The minimum absolute atomic E-state index is 0.0956. The number of fused-ring (bicyclic) bond motifs is 4. The van der Waals surface area contributed by atoms with E-state index in [0.29, 0.717) is 36.9 Å². The van der Waals surface area contributed by atoms with E-state index < -0.39 is 0 Å². The third-order valence-corrected chi connectivity index (χ3v) is 7.91. The Balaban J connectivity index is 1.47. The number of nitrogens with zero attached hydrogens (tertiary/aromatic N) is 5. The fraction of sp³-hybridized carbons (Fsp3) is 0.462. The van der Waals surface area contributed by atoms with E-state index in [2.05, 4.69) is 38.9 Å². The summed E-state index contributed by atoms with van der Waals surface area (Å²) in [5.74, 6) is 1.56. The predicted molar refractivity (Wildman–Crippen MR) is 144 cm³/mol. The first-order valence-electron chi connectivity index (χ1n) is 12.6. The fourth-order valence-electron chi connectivity index (χ4n) is 5.12. The van der Waals surface area contributed by atoms with Crippen molar-refractivity contribution in [1.29, 1.82) is 0 Å². The Kier molecular flexibility index (Phi) is 6.22. The number of anilines is 1. The summed E-state index contributed by atoms with van der Waals surface area (Å²) in [6.07, 6.45) is 5.14. The molecule has 1 atom stereocenters. The minimum atomic E-state index is -0.219. The molecule has 0 spiro atoms. The maximum Gasteiger partial charge on any atom is 0.258 e. The van der Waals surface area contributed by atoms with Crippen molar-refractivity contribution in [3.8, 4) is 5.75 Å². The van der Waals surface area contributed by atoms with E-state index in [1.165, 1.54) is 0 Å². The molecule has 2 aromatic heterocycles. The molecule has 2 amide bonds. The molecule has 1 unspecified atom stereocenters. The average molecular weight is 600 g/mol. The predicted octanol–water partition coefficient (Wildman–Crippen LogP) is 3.52. The van der Waals surface area contributed by atoms with Crippen LogP contribution >= 0.6 is 22.6 Å². The molecule has 3 aliphatic rings. The van der Waals surface area contributed by atoms with Crippen molar-refractivity contribution in [2.24, 2.45) is 0 Å². The molecular formula is C26H29IN6O3. The van der Waals surface area contributed by atoms with Crippen molar-refractivity contribution in [3.63, 3.8) is 0 Å². The van der Waals surface area contributed by atoms with Crippen LogP contribution in [0.5, 0.6) is 5.75 Å². The average Bonchev–Trinajstić information content (AvgIpc) is 3.65. The van der Waals surface area contributed by atoms with Crippen LogP contribution in [0.15, 0.2) is 30.3 Å². The molecule has 1 aromatic carbocycles. The largest absolute Gasteiger partial charge is 0.483 e. The van der Waals surface area contributed by atoms with Crippen LogP contribution in [0.25, 0.3) is 5.65 Å². The van der Waals surface area contributed by atoms with Gasteiger partial charge in [0.25, 0.3) is 11.8 Å². The number of carbonyl (C=O) groups is 2. The first-order valence-corrected chi connectivity index (χ1v) is 13.7. The Hall–Kier alpha value is -2.89. The highest BCUT2D eigenvalue weighted by Gasteiger charge is 2.33. The van der Waals surface area contributed by atoms with Gasteiger partial charge < -0.3 is 19.9 Å². The van der Waals surface area contributed by atoms with Gasteiger partial charge in [0.05, 0.1) is 17.3 Å². The second-order valence-corrected chi connectivity index (χ2v) is 11.1. The van der Waals surface area contributed by atoms with Crippen LogP contribution in [-0.4, -0.2) is 64.6 Å². The summed E-state index contributed by atoms with van der Waals surface area (Å²) < 4.78 is 8.69. The van der Waals surface area contributed by atoms with Gasteiger partial charge in [-0.2, -0.15) is 9.61 Å². The highest BCUT2D eigenvalue weighted by atomic mass is 127. The van der Waals surface area contributed by atoms with Gasteiger partial charge >= 0.3 is 0 Å². The van der Waals surface area contributed by atoms with Crippen LogP contribution in [0.1, 0.15) is 65.8 Å². The van der Waals surface area contributed by atoms with Crippen molar-refractivity contribution in [2.75, 3.05) is 38.2 Å². The molecule has 3 aromatic rings. The second-order valence-electron chi connectivity index (χ2n) is 9.86. The van der Waals surface area contributed by atoms with Gasteiger partial charge in [-0.25, -0.2) is 4.98 Å². The number of rotatable bonds is 1. The highest BCUT2D eigenvalue weighted by Crippen LogP contribution is 2.41. The van der Waals surface area contributed by atoms with Crippen molar-refractivity contribution in [2.45, 2.75) is 44.1 Å². The molecule has 1 saturated heterocycles. The molecular weight excluding hydrogens is 571 g/mol. The van der Waals surface area contributed by atoms with Gasteiger partial charge in [-0.15, -0.1) is 0 Å². The number of nitrogens with one attached hydrogen (secondary N) is 1. The first-order chi connectivity index (χ1) is 17.5. The maximum absolute atomic E-state index is 13.9. The van der Waals surface area contributed by atoms with E-state index in [9.17, 15) is 9.59 Å². The highest BCUT2D eigenvalue weighted by molar-refractivity contribution is 14.1. The molecule has 6 rings (SSSR count). The molecule has 9 nitrogen and oxygen atoms in total. The number of ether oxygens (including phenoxy) is 1. The Bertz CT molecular complexity index is 1340. The monoisotopic (exact) mass is 600 g/mol. The maximum atomic E-state index is 13.9. The quantitative estimate of drug-likeness (QED) is 0.430. The summed E-state index contributed by atoms with van der Waals surface area (Å²) in [6.45, 7) is 1.59. The van der Waals surface area contributed by atoms with Crippen molar-refractivity contribution >= 4 is 45.9 Å². The number of halogens is 1. The Morgan fingerprint density at radius 1 is 1.06 bits per heavy atom. The van der Waals surface area contributed by atoms with Crippen LogP contribution in [0, 0.1) is 3.57 Å². The molecule has 1 aliphatic carbocycles. The zero-order valence-corrected chi connectivity index (χ0v) is 22.4. The zero-order valence-electron chi connectivity index (χ0n) is 20.2. The van der Waals surface area contributed by atoms with Crippen LogP contribution in [-0.2, 0) is 4.79 Å². The number of hydrogen-bond donors (Lipinski definition) is 1. The van der Waals surface area contributed by atoms with Gasteiger partial charge in [0.15, 0.2) is 12.3 Å². The van der Waals surface area contributed by atoms with Crippen LogP contribution in [0.3, 0.4) is 0 Å². The third kappa shape index (κ3) is 4.51. The van der Waals surface area contributed by atoms with E-state index in [4.69, 9.17) is 14.8 Å². The number of amides is 2. The fourth-order valence-corrected chi connectivity index (χ4v) is 5.61. The number of benzene rings is 1. The number of hydrogen-bond acceptors (Lipinski definition) is 6. The Labute approximate surface area is 223 Å². The van der Waals surface area contributed by atoms with E-state index in [1.807, 2.05) is 34.7 Å². The Morgan fingerprint density at radius 3 is 2.75 bits per heavy atom. The lowest BCUT2D eigenvalue weighted by atomic mass is 9.98. The number of likely N-dealkylation sites (N-methyl/N-ethyl adjacent to an activating group) is 1. The lowest BCUT2D eigenvalue weighted by Gasteiger charge is -2.35. The van der Waals surface area contributed by atoms with E-state index in [1.54, 1.807) is 6.07 Å². The van der Waals surface area contributed by atoms with Crippen LogP contribution in [0.2, 0.25) is 0 Å². The molecule has 1 N–H and O–H groups in total. The summed E-state index contributed by atoms with van der Waals surface area (Å²) in [5.41, 5.74) is 3.24. The number of aromatic nitrogens is 3. The van der Waals surface area contributed by atoms with Gasteiger partial charge in [-0.1, -0.05) is 0 Å². The first kappa shape index (κ1) is 23.5. The SMILES string of the molecule is CN1CCNC(=O)COc2ccc(I)cc2C(=O)N2CCCCC2c2cc3nc(C4CC4)cc1n3n2. The van der Waals surface area contributed by atoms with Gasteiger partial charge in [-0.3, -0.25) is 9.59 Å². The smallest absolute Gasteiger partial charge is 0.258 e. The molecule has 10 heteroatoms. The topological polar surface area (TPSA) is 92.1 Å². The van der Waals surface area contributed by atoms with Crippen LogP contribution in [0.4, 0.5) is 5.82 Å². The minimum Gasteiger partial charge on any atom is -0.483 e. The standard InChI is InChI=1S/C26H29IN6O3/c1-31-11-9-28-24(34)15-36-22-8-7-17(27)12-18(22)26(35)32-10-3-2-4-21(32)20-13-23-29-19(16-5-6-16)14-25(31)33(23)30-20/h7-8,12-14,16,21H,2-6,9-11,15H2,1H3,(H,28,34). The molecule has 36 heavy (non-hydrogen) atoms. The third-order valence-electron chi connectivity index (χ3n) is 7.24. The molecule has 0 radical (unpaired) electrons. The van der Waals surface area contributed by atoms with Crippen LogP contribution < -0.4 is 15.0 Å². The lowest BCUT2D eigenvalue weighted by Crippen LogP contribution is -2.39. The van der Waals surface area contributed by atoms with E-state index >= 15 is 0 Å². The van der Waals surface area contributed by atoms with Gasteiger partial charge in [0.1, 0.15) is 11.6 Å². The normalized spacial score (nSPS) is 21.2. The van der Waals surface area contributed by atoms with Gasteiger partial charge in [0.2, 0.25) is 0 Å². The number of carbonyl (C=O) groups excluding carboxylic acids is 2. The van der Waals surface area contributed by atoms with Gasteiger partial charge in [0, 0.05) is 54.0 Å².